The Kier molecular flexibility index (Phi) is 4.98. The lowest BCUT2D eigenvalue weighted by molar-refractivity contribution is 0.0939. The molecule has 1 aromatic heterocycles. The number of amides is 1. The molecule has 0 saturated heterocycles. The summed E-state index contributed by atoms with van der Waals surface area (Å²) in [6.07, 6.45) is 1.64. The average Bonchev–Trinajstić information content (AvgIpc) is 2.92. The highest BCUT2D eigenvalue weighted by atomic mass is 79.9. The van der Waals surface area contributed by atoms with Crippen LogP contribution in [0.4, 0.5) is 0 Å². The second-order valence-corrected chi connectivity index (χ2v) is 5.63. The summed E-state index contributed by atoms with van der Waals surface area (Å²) >= 11 is 3.36. The van der Waals surface area contributed by atoms with Crippen LogP contribution in [0.15, 0.2) is 51.6 Å². The number of likely N-dealkylation sites (N-methyl/N-ethyl adjacent to an activating group) is 1. The average molecular weight is 337 g/mol. The third kappa shape index (κ3) is 3.71. The lowest BCUT2D eigenvalue weighted by Gasteiger charge is -2.22. The minimum atomic E-state index is -0.0929. The van der Waals surface area contributed by atoms with E-state index in [1.165, 1.54) is 0 Å². The Morgan fingerprint density at radius 3 is 2.75 bits per heavy atom. The first-order valence-corrected chi connectivity index (χ1v) is 7.11. The number of hydrogen-bond donors (Lipinski definition) is 1. The first kappa shape index (κ1) is 14.8. The van der Waals surface area contributed by atoms with Crippen LogP contribution in [0.2, 0.25) is 0 Å². The molecule has 0 unspecified atom stereocenters. The fraction of sp³-hybridized carbons (Fsp3) is 0.267. The van der Waals surface area contributed by atoms with Gasteiger partial charge in [0.2, 0.25) is 0 Å². The minimum Gasteiger partial charge on any atom is -0.468 e. The molecule has 0 spiro atoms. The number of benzene rings is 1. The summed E-state index contributed by atoms with van der Waals surface area (Å²) in [5.41, 5.74) is 0.635. The summed E-state index contributed by atoms with van der Waals surface area (Å²) in [4.78, 5) is 14.1. The summed E-state index contributed by atoms with van der Waals surface area (Å²) in [6.45, 7) is 0.492. The summed E-state index contributed by atoms with van der Waals surface area (Å²) in [5.74, 6) is 0.745. The molecule has 0 aliphatic carbocycles. The molecule has 1 N–H and O–H groups in total. The molecule has 1 atom stereocenters. The van der Waals surface area contributed by atoms with Crippen LogP contribution in [-0.2, 0) is 0 Å². The largest absolute Gasteiger partial charge is 0.468 e. The van der Waals surface area contributed by atoms with Crippen molar-refractivity contribution in [1.82, 2.24) is 10.2 Å². The molecule has 1 amide bonds. The molecule has 2 aromatic rings. The number of nitrogens with zero attached hydrogens (tertiary/aromatic N) is 1. The molecule has 1 aromatic carbocycles. The van der Waals surface area contributed by atoms with E-state index < -0.39 is 0 Å². The van der Waals surface area contributed by atoms with E-state index in [1.807, 2.05) is 43.3 Å². The van der Waals surface area contributed by atoms with Crippen molar-refractivity contribution in [1.29, 1.82) is 0 Å². The number of nitrogens with one attached hydrogen (secondary N) is 1. The fourth-order valence-corrected chi connectivity index (χ4v) is 2.34. The van der Waals surface area contributed by atoms with Crippen molar-refractivity contribution in [3.8, 4) is 0 Å². The predicted molar refractivity (Wildman–Crippen MR) is 81.6 cm³/mol. The number of furan rings is 1. The zero-order valence-electron chi connectivity index (χ0n) is 11.5. The van der Waals surface area contributed by atoms with Crippen molar-refractivity contribution in [2.75, 3.05) is 20.6 Å². The summed E-state index contributed by atoms with van der Waals surface area (Å²) in [7, 11) is 3.91. The van der Waals surface area contributed by atoms with Crippen LogP contribution in [0.5, 0.6) is 0 Å². The number of hydrogen-bond acceptors (Lipinski definition) is 3. The molecule has 5 heteroatoms. The van der Waals surface area contributed by atoms with Gasteiger partial charge in [0, 0.05) is 16.6 Å². The standard InChI is InChI=1S/C15H17BrN2O2/c1-18(2)13(14-7-4-8-20-14)10-17-15(19)11-5-3-6-12(16)9-11/h3-9,13H,10H2,1-2H3,(H,17,19)/t13-/m0/s1. The minimum absolute atomic E-state index is 0.0149. The highest BCUT2D eigenvalue weighted by Crippen LogP contribution is 2.18. The van der Waals surface area contributed by atoms with Crippen molar-refractivity contribution < 1.29 is 9.21 Å². The summed E-state index contributed by atoms with van der Waals surface area (Å²) in [6, 6.07) is 11.1. The Labute approximate surface area is 126 Å². The molecule has 2 rings (SSSR count). The quantitative estimate of drug-likeness (QED) is 0.912. The first-order valence-electron chi connectivity index (χ1n) is 6.31. The van der Waals surface area contributed by atoms with Gasteiger partial charge in [-0.1, -0.05) is 22.0 Å². The maximum absolute atomic E-state index is 12.1. The maximum atomic E-state index is 12.1. The van der Waals surface area contributed by atoms with Gasteiger partial charge in [-0.25, -0.2) is 0 Å². The molecule has 0 saturated carbocycles. The number of carbonyl (C=O) groups excluding carboxylic acids is 1. The third-order valence-electron chi connectivity index (χ3n) is 3.04. The lowest BCUT2D eigenvalue weighted by atomic mass is 10.2. The van der Waals surface area contributed by atoms with Crippen molar-refractivity contribution in [3.05, 3.63) is 58.5 Å². The van der Waals surface area contributed by atoms with E-state index >= 15 is 0 Å². The Morgan fingerprint density at radius 2 is 2.15 bits per heavy atom. The van der Waals surface area contributed by atoms with Gasteiger partial charge in [-0.05, 0) is 44.4 Å². The molecule has 4 nitrogen and oxygen atoms in total. The van der Waals surface area contributed by atoms with Crippen molar-refractivity contribution in [2.45, 2.75) is 6.04 Å². The van der Waals surface area contributed by atoms with Gasteiger partial charge in [0.1, 0.15) is 5.76 Å². The summed E-state index contributed by atoms with van der Waals surface area (Å²) in [5, 5.41) is 2.93. The highest BCUT2D eigenvalue weighted by Gasteiger charge is 2.18. The number of carbonyl (C=O) groups is 1. The van der Waals surface area contributed by atoms with Crippen LogP contribution < -0.4 is 5.32 Å². The van der Waals surface area contributed by atoms with Gasteiger partial charge in [-0.2, -0.15) is 0 Å². The lowest BCUT2D eigenvalue weighted by Crippen LogP contribution is -2.34. The molecule has 1 heterocycles. The van der Waals surface area contributed by atoms with E-state index in [2.05, 4.69) is 21.2 Å². The molecule has 0 aliphatic rings. The van der Waals surface area contributed by atoms with Gasteiger partial charge in [-0.3, -0.25) is 9.69 Å². The van der Waals surface area contributed by atoms with E-state index in [9.17, 15) is 4.79 Å². The highest BCUT2D eigenvalue weighted by molar-refractivity contribution is 9.10. The van der Waals surface area contributed by atoms with Crippen LogP contribution in [0.25, 0.3) is 0 Å². The second kappa shape index (κ2) is 6.72. The second-order valence-electron chi connectivity index (χ2n) is 4.72. The molecule has 20 heavy (non-hydrogen) atoms. The molecule has 0 bridgehead atoms. The number of rotatable bonds is 5. The monoisotopic (exact) mass is 336 g/mol. The van der Waals surface area contributed by atoms with Gasteiger partial charge in [0.15, 0.2) is 0 Å². The number of halogens is 1. The Morgan fingerprint density at radius 1 is 1.35 bits per heavy atom. The first-order chi connectivity index (χ1) is 9.58. The third-order valence-corrected chi connectivity index (χ3v) is 3.53. The topological polar surface area (TPSA) is 45.5 Å². The van der Waals surface area contributed by atoms with Crippen molar-refractivity contribution in [2.24, 2.45) is 0 Å². The van der Waals surface area contributed by atoms with E-state index in [0.29, 0.717) is 12.1 Å². The smallest absolute Gasteiger partial charge is 0.251 e. The SMILES string of the molecule is CN(C)[C@@H](CNC(=O)c1cccc(Br)c1)c1ccco1. The van der Waals surface area contributed by atoms with Crippen LogP contribution in [0.1, 0.15) is 22.2 Å². The molecule has 0 aliphatic heterocycles. The van der Waals surface area contributed by atoms with Gasteiger partial charge in [0.25, 0.3) is 5.91 Å². The van der Waals surface area contributed by atoms with E-state index in [1.54, 1.807) is 18.4 Å². The molecule has 106 valence electrons. The molecule has 0 fully saturated rings. The molecule has 0 radical (unpaired) electrons. The predicted octanol–water partition coefficient (Wildman–Crippen LogP) is 3.07. The van der Waals surface area contributed by atoms with Crippen LogP contribution in [0.3, 0.4) is 0 Å². The molecular formula is C15H17BrN2O2. The van der Waals surface area contributed by atoms with Crippen molar-refractivity contribution in [3.63, 3.8) is 0 Å². The van der Waals surface area contributed by atoms with Gasteiger partial charge in [-0.15, -0.1) is 0 Å². The van der Waals surface area contributed by atoms with Gasteiger partial charge < -0.3 is 9.73 Å². The zero-order chi connectivity index (χ0) is 14.5. The Bertz CT molecular complexity index is 567. The van der Waals surface area contributed by atoms with Crippen molar-refractivity contribution >= 4 is 21.8 Å². The molecular weight excluding hydrogens is 320 g/mol. The van der Waals surface area contributed by atoms with E-state index in [4.69, 9.17) is 4.42 Å². The van der Waals surface area contributed by atoms with Crippen LogP contribution in [-0.4, -0.2) is 31.4 Å². The maximum Gasteiger partial charge on any atom is 0.251 e. The Hall–Kier alpha value is -1.59. The van der Waals surface area contributed by atoms with Crippen LogP contribution >= 0.6 is 15.9 Å². The fourth-order valence-electron chi connectivity index (χ4n) is 1.94. The van der Waals surface area contributed by atoms with Gasteiger partial charge >= 0.3 is 0 Å². The zero-order valence-corrected chi connectivity index (χ0v) is 13.1. The van der Waals surface area contributed by atoms with Crippen LogP contribution in [0, 0.1) is 0 Å². The van der Waals surface area contributed by atoms with E-state index in [-0.39, 0.29) is 11.9 Å². The van der Waals surface area contributed by atoms with Gasteiger partial charge in [0.05, 0.1) is 12.3 Å². The van der Waals surface area contributed by atoms with E-state index in [0.717, 1.165) is 10.2 Å². The summed E-state index contributed by atoms with van der Waals surface area (Å²) < 4.78 is 6.30. The Balaban J connectivity index is 2.01. The normalized spacial score (nSPS) is 12.4.